The SMILES string of the molecule is Nc1ccc(CN2CCCCC2)c(-c2ccccc2)c1N. The van der Waals surface area contributed by atoms with Gasteiger partial charge in [0.05, 0.1) is 11.4 Å². The molecule has 0 bridgehead atoms. The minimum atomic E-state index is 0.663. The summed E-state index contributed by atoms with van der Waals surface area (Å²) in [5.74, 6) is 0. The van der Waals surface area contributed by atoms with Crippen LogP contribution in [0.4, 0.5) is 11.4 Å². The molecule has 3 rings (SSSR count). The highest BCUT2D eigenvalue weighted by Gasteiger charge is 2.16. The van der Waals surface area contributed by atoms with Crippen LogP contribution in [0.5, 0.6) is 0 Å². The molecule has 21 heavy (non-hydrogen) atoms. The Morgan fingerprint density at radius 3 is 2.29 bits per heavy atom. The second-order valence-corrected chi connectivity index (χ2v) is 5.81. The van der Waals surface area contributed by atoms with Crippen LogP contribution >= 0.6 is 0 Å². The number of hydrogen-bond acceptors (Lipinski definition) is 3. The Balaban J connectivity index is 1.98. The molecule has 0 amide bonds. The zero-order chi connectivity index (χ0) is 14.7. The van der Waals surface area contributed by atoms with Gasteiger partial charge in [0.2, 0.25) is 0 Å². The smallest absolute Gasteiger partial charge is 0.0630 e. The van der Waals surface area contributed by atoms with E-state index in [2.05, 4.69) is 23.1 Å². The maximum atomic E-state index is 6.28. The second-order valence-electron chi connectivity index (χ2n) is 5.81. The van der Waals surface area contributed by atoms with E-state index in [9.17, 15) is 0 Å². The quantitative estimate of drug-likeness (QED) is 0.847. The largest absolute Gasteiger partial charge is 0.397 e. The van der Waals surface area contributed by atoms with Gasteiger partial charge in [0.1, 0.15) is 0 Å². The lowest BCUT2D eigenvalue weighted by atomic mass is 9.96. The van der Waals surface area contributed by atoms with Crippen molar-refractivity contribution >= 4 is 11.4 Å². The van der Waals surface area contributed by atoms with E-state index in [0.29, 0.717) is 11.4 Å². The van der Waals surface area contributed by atoms with Crippen LogP contribution in [0.15, 0.2) is 42.5 Å². The van der Waals surface area contributed by atoms with Crippen molar-refractivity contribution in [3.63, 3.8) is 0 Å². The molecule has 0 aromatic heterocycles. The molecular formula is C18H23N3. The Morgan fingerprint density at radius 2 is 1.57 bits per heavy atom. The molecule has 0 spiro atoms. The Labute approximate surface area is 126 Å². The molecular weight excluding hydrogens is 258 g/mol. The molecule has 0 radical (unpaired) electrons. The van der Waals surface area contributed by atoms with Crippen molar-refractivity contribution in [2.75, 3.05) is 24.6 Å². The summed E-state index contributed by atoms with van der Waals surface area (Å²) in [6.45, 7) is 3.31. The van der Waals surface area contributed by atoms with Crippen LogP contribution in [0.3, 0.4) is 0 Å². The van der Waals surface area contributed by atoms with Crippen LogP contribution in [0.25, 0.3) is 11.1 Å². The zero-order valence-electron chi connectivity index (χ0n) is 12.4. The topological polar surface area (TPSA) is 55.3 Å². The van der Waals surface area contributed by atoms with Crippen LogP contribution < -0.4 is 11.5 Å². The van der Waals surface area contributed by atoms with Gasteiger partial charge in [-0.25, -0.2) is 0 Å². The first kappa shape index (κ1) is 14.0. The van der Waals surface area contributed by atoms with Gasteiger partial charge in [0, 0.05) is 12.1 Å². The molecule has 1 aliphatic heterocycles. The number of piperidine rings is 1. The van der Waals surface area contributed by atoms with E-state index in [1.54, 1.807) is 0 Å². The molecule has 1 fully saturated rings. The third-order valence-corrected chi connectivity index (χ3v) is 4.27. The summed E-state index contributed by atoms with van der Waals surface area (Å²) < 4.78 is 0. The van der Waals surface area contributed by atoms with Crippen LogP contribution in [-0.2, 0) is 6.54 Å². The fourth-order valence-corrected chi connectivity index (χ4v) is 3.12. The predicted octanol–water partition coefficient (Wildman–Crippen LogP) is 3.50. The molecule has 1 saturated heterocycles. The monoisotopic (exact) mass is 281 g/mol. The summed E-state index contributed by atoms with van der Waals surface area (Å²) >= 11 is 0. The van der Waals surface area contributed by atoms with Crippen molar-refractivity contribution in [3.8, 4) is 11.1 Å². The van der Waals surface area contributed by atoms with E-state index >= 15 is 0 Å². The normalized spacial score (nSPS) is 16.0. The van der Waals surface area contributed by atoms with Crippen molar-refractivity contribution < 1.29 is 0 Å². The summed E-state index contributed by atoms with van der Waals surface area (Å²) in [5.41, 5.74) is 17.2. The first-order valence-electron chi connectivity index (χ1n) is 7.70. The van der Waals surface area contributed by atoms with Crippen LogP contribution in [0.1, 0.15) is 24.8 Å². The molecule has 3 heteroatoms. The van der Waals surface area contributed by atoms with E-state index in [1.807, 2.05) is 24.3 Å². The van der Waals surface area contributed by atoms with E-state index < -0.39 is 0 Å². The molecule has 1 aliphatic rings. The van der Waals surface area contributed by atoms with Crippen LogP contribution in [-0.4, -0.2) is 18.0 Å². The second kappa shape index (κ2) is 6.19. The van der Waals surface area contributed by atoms with Gasteiger partial charge in [-0.05, 0) is 43.1 Å². The van der Waals surface area contributed by atoms with Crippen molar-refractivity contribution in [1.29, 1.82) is 0 Å². The van der Waals surface area contributed by atoms with Gasteiger partial charge in [0.15, 0.2) is 0 Å². The number of anilines is 2. The minimum Gasteiger partial charge on any atom is -0.397 e. The number of benzene rings is 2. The van der Waals surface area contributed by atoms with Gasteiger partial charge in [0.25, 0.3) is 0 Å². The molecule has 0 unspecified atom stereocenters. The third kappa shape index (κ3) is 3.03. The van der Waals surface area contributed by atoms with Crippen molar-refractivity contribution in [3.05, 3.63) is 48.0 Å². The highest BCUT2D eigenvalue weighted by atomic mass is 15.1. The lowest BCUT2D eigenvalue weighted by Crippen LogP contribution is -2.29. The zero-order valence-corrected chi connectivity index (χ0v) is 12.4. The van der Waals surface area contributed by atoms with Crippen LogP contribution in [0, 0.1) is 0 Å². The fraction of sp³-hybridized carbons (Fsp3) is 0.333. The summed E-state index contributed by atoms with van der Waals surface area (Å²) in [6, 6.07) is 14.4. The van der Waals surface area contributed by atoms with Gasteiger partial charge in [-0.2, -0.15) is 0 Å². The average molecular weight is 281 g/mol. The number of nitrogens with zero attached hydrogens (tertiary/aromatic N) is 1. The highest BCUT2D eigenvalue weighted by molar-refractivity contribution is 5.86. The Kier molecular flexibility index (Phi) is 4.11. The minimum absolute atomic E-state index is 0.663. The van der Waals surface area contributed by atoms with Gasteiger partial charge in [-0.3, -0.25) is 4.90 Å². The summed E-state index contributed by atoms with van der Waals surface area (Å²) in [5, 5.41) is 0. The number of nitrogen functional groups attached to an aromatic ring is 2. The standard InChI is InChI=1S/C18H23N3/c19-16-10-9-15(13-21-11-5-2-6-12-21)17(18(16)20)14-7-3-1-4-8-14/h1,3-4,7-10H,2,5-6,11-13,19-20H2. The molecule has 0 aliphatic carbocycles. The molecule has 0 atom stereocenters. The summed E-state index contributed by atoms with van der Waals surface area (Å²) in [7, 11) is 0. The summed E-state index contributed by atoms with van der Waals surface area (Å²) in [4.78, 5) is 2.51. The number of nitrogens with two attached hydrogens (primary N) is 2. The lowest BCUT2D eigenvalue weighted by molar-refractivity contribution is 0.221. The van der Waals surface area contributed by atoms with E-state index in [0.717, 1.165) is 17.7 Å². The predicted molar refractivity (Wildman–Crippen MR) is 89.8 cm³/mol. The van der Waals surface area contributed by atoms with E-state index in [4.69, 9.17) is 11.5 Å². The molecule has 4 N–H and O–H groups in total. The maximum absolute atomic E-state index is 6.28. The summed E-state index contributed by atoms with van der Waals surface area (Å²) in [6.07, 6.45) is 3.95. The van der Waals surface area contributed by atoms with Gasteiger partial charge in [-0.1, -0.05) is 42.8 Å². The van der Waals surface area contributed by atoms with Crippen molar-refractivity contribution in [2.45, 2.75) is 25.8 Å². The molecule has 2 aromatic rings. The van der Waals surface area contributed by atoms with Crippen molar-refractivity contribution in [2.24, 2.45) is 0 Å². The maximum Gasteiger partial charge on any atom is 0.0630 e. The molecule has 1 heterocycles. The first-order chi connectivity index (χ1) is 10.3. The average Bonchev–Trinajstić information content (AvgIpc) is 2.53. The number of rotatable bonds is 3. The number of hydrogen-bond donors (Lipinski definition) is 2. The Morgan fingerprint density at radius 1 is 0.857 bits per heavy atom. The van der Waals surface area contributed by atoms with E-state index in [-0.39, 0.29) is 0 Å². The van der Waals surface area contributed by atoms with Gasteiger partial charge < -0.3 is 11.5 Å². The fourth-order valence-electron chi connectivity index (χ4n) is 3.12. The number of likely N-dealkylation sites (tertiary alicyclic amines) is 1. The molecule has 3 nitrogen and oxygen atoms in total. The van der Waals surface area contributed by atoms with Gasteiger partial charge >= 0.3 is 0 Å². The Bertz CT molecular complexity index is 601. The van der Waals surface area contributed by atoms with Crippen LogP contribution in [0.2, 0.25) is 0 Å². The third-order valence-electron chi connectivity index (χ3n) is 4.27. The van der Waals surface area contributed by atoms with E-state index in [1.165, 1.54) is 37.9 Å². The lowest BCUT2D eigenvalue weighted by Gasteiger charge is -2.28. The first-order valence-corrected chi connectivity index (χ1v) is 7.70. The van der Waals surface area contributed by atoms with Gasteiger partial charge in [-0.15, -0.1) is 0 Å². The molecule has 110 valence electrons. The van der Waals surface area contributed by atoms with Crippen molar-refractivity contribution in [1.82, 2.24) is 4.90 Å². The molecule has 0 saturated carbocycles. The highest BCUT2D eigenvalue weighted by Crippen LogP contribution is 2.34. The Hall–Kier alpha value is -2.00. The molecule has 2 aromatic carbocycles.